The number of methoxy groups -OCH3 is 1. The summed E-state index contributed by atoms with van der Waals surface area (Å²) >= 11 is 2.09. The summed E-state index contributed by atoms with van der Waals surface area (Å²) in [6.45, 7) is 0. The summed E-state index contributed by atoms with van der Waals surface area (Å²) in [5.41, 5.74) is 2.08. The van der Waals surface area contributed by atoms with Gasteiger partial charge in [-0.15, -0.1) is 0 Å². The molecule has 0 saturated carbocycles. The van der Waals surface area contributed by atoms with E-state index >= 15 is 0 Å². The molecule has 6 nitrogen and oxygen atoms in total. The largest absolute Gasteiger partial charge is 0.493 e. The van der Waals surface area contributed by atoms with Crippen molar-refractivity contribution < 1.29 is 18.7 Å². The predicted molar refractivity (Wildman–Crippen MR) is 127 cm³/mol. The zero-order valence-corrected chi connectivity index (χ0v) is 18.5. The maximum Gasteiger partial charge on any atom is 0.344 e. The summed E-state index contributed by atoms with van der Waals surface area (Å²) in [4.78, 5) is 28.2. The summed E-state index contributed by atoms with van der Waals surface area (Å²) in [6, 6.07) is 20.8. The minimum Gasteiger partial charge on any atom is -0.493 e. The van der Waals surface area contributed by atoms with Crippen LogP contribution in [-0.2, 0) is 0 Å². The molecule has 31 heavy (non-hydrogen) atoms. The van der Waals surface area contributed by atoms with Crippen LogP contribution in [0.25, 0.3) is 11.0 Å². The third kappa shape index (κ3) is 4.83. The fourth-order valence-corrected chi connectivity index (χ4v) is 3.53. The highest BCUT2D eigenvalue weighted by Crippen LogP contribution is 2.29. The van der Waals surface area contributed by atoms with Crippen molar-refractivity contribution in [3.8, 4) is 11.5 Å². The molecule has 1 aromatic heterocycles. The van der Waals surface area contributed by atoms with Crippen LogP contribution >= 0.6 is 22.6 Å². The Hall–Kier alpha value is -3.46. The van der Waals surface area contributed by atoms with Crippen LogP contribution in [0.4, 0.5) is 5.69 Å². The number of rotatable bonds is 5. The van der Waals surface area contributed by atoms with Gasteiger partial charge in [-0.3, -0.25) is 4.99 Å². The number of esters is 1. The van der Waals surface area contributed by atoms with Gasteiger partial charge in [0.25, 0.3) is 0 Å². The minimum atomic E-state index is -0.451. The van der Waals surface area contributed by atoms with E-state index in [0.717, 1.165) is 14.5 Å². The number of aliphatic imine (C=N–C) groups is 1. The zero-order valence-electron chi connectivity index (χ0n) is 16.4. The molecule has 0 radical (unpaired) electrons. The number of carbonyl (C=O) groups excluding carboxylic acids is 1. The van der Waals surface area contributed by atoms with Crippen molar-refractivity contribution in [3.05, 3.63) is 97.9 Å². The van der Waals surface area contributed by atoms with Gasteiger partial charge in [0.1, 0.15) is 5.58 Å². The van der Waals surface area contributed by atoms with E-state index in [-0.39, 0.29) is 0 Å². The average molecular weight is 525 g/mol. The standard InChI is InChI=1S/C24H16INO5/c1-29-22-12-15(6-9-21(22)31-24(28)18-4-2-3-5-19(18)25)14-26-17-8-10-20-16(13-17)7-11-23(27)30-20/h2-14H,1H3. The van der Waals surface area contributed by atoms with Crippen LogP contribution in [0.3, 0.4) is 0 Å². The highest BCUT2D eigenvalue weighted by atomic mass is 127. The average Bonchev–Trinajstić information content (AvgIpc) is 2.78. The molecule has 0 spiro atoms. The molecule has 1 heterocycles. The fourth-order valence-electron chi connectivity index (χ4n) is 2.92. The van der Waals surface area contributed by atoms with Crippen LogP contribution in [-0.4, -0.2) is 19.3 Å². The fraction of sp³-hybridized carbons (Fsp3) is 0.0417. The first-order chi connectivity index (χ1) is 15.0. The number of carbonyl (C=O) groups is 1. The van der Waals surface area contributed by atoms with Gasteiger partial charge in [-0.1, -0.05) is 12.1 Å². The summed E-state index contributed by atoms with van der Waals surface area (Å²) in [5.74, 6) is 0.293. The van der Waals surface area contributed by atoms with E-state index in [1.54, 1.807) is 54.7 Å². The molecule has 0 amide bonds. The molecule has 4 rings (SSSR count). The summed E-state index contributed by atoms with van der Waals surface area (Å²) in [5, 5.41) is 0.782. The van der Waals surface area contributed by atoms with E-state index in [1.165, 1.54) is 13.2 Å². The maximum atomic E-state index is 12.5. The monoisotopic (exact) mass is 525 g/mol. The summed E-state index contributed by atoms with van der Waals surface area (Å²) in [6.07, 6.45) is 1.68. The van der Waals surface area contributed by atoms with Crippen LogP contribution < -0.4 is 15.1 Å². The normalized spacial score (nSPS) is 11.0. The van der Waals surface area contributed by atoms with Gasteiger partial charge < -0.3 is 13.9 Å². The van der Waals surface area contributed by atoms with Crippen LogP contribution in [0.2, 0.25) is 0 Å². The third-order valence-corrected chi connectivity index (χ3v) is 5.39. The Morgan fingerprint density at radius 3 is 2.65 bits per heavy atom. The molecule has 0 unspecified atom stereocenters. The molecule has 0 N–H and O–H groups in total. The topological polar surface area (TPSA) is 78.1 Å². The Kier molecular flexibility index (Phi) is 6.13. The lowest BCUT2D eigenvalue weighted by Gasteiger charge is -2.10. The van der Waals surface area contributed by atoms with Gasteiger partial charge in [0.15, 0.2) is 11.5 Å². The number of hydrogen-bond donors (Lipinski definition) is 0. The Morgan fingerprint density at radius 2 is 1.84 bits per heavy atom. The number of benzene rings is 3. The molecule has 0 saturated heterocycles. The van der Waals surface area contributed by atoms with Crippen LogP contribution in [0.15, 0.2) is 87.0 Å². The number of hydrogen-bond acceptors (Lipinski definition) is 6. The molecule has 7 heteroatoms. The number of halogens is 1. The van der Waals surface area contributed by atoms with E-state index in [4.69, 9.17) is 13.9 Å². The Bertz CT molecular complexity index is 1360. The maximum absolute atomic E-state index is 12.5. The lowest BCUT2D eigenvalue weighted by atomic mass is 10.2. The molecule has 0 atom stereocenters. The van der Waals surface area contributed by atoms with E-state index in [9.17, 15) is 9.59 Å². The van der Waals surface area contributed by atoms with Crippen molar-refractivity contribution >= 4 is 51.4 Å². The first-order valence-corrected chi connectivity index (χ1v) is 10.3. The quantitative estimate of drug-likeness (QED) is 0.115. The van der Waals surface area contributed by atoms with Crippen molar-refractivity contribution in [2.45, 2.75) is 0 Å². The molecule has 0 aliphatic rings. The lowest BCUT2D eigenvalue weighted by molar-refractivity contribution is 0.0728. The van der Waals surface area contributed by atoms with Crippen LogP contribution in [0.1, 0.15) is 15.9 Å². The lowest BCUT2D eigenvalue weighted by Crippen LogP contribution is -2.11. The van der Waals surface area contributed by atoms with Gasteiger partial charge in [0.05, 0.1) is 18.4 Å². The molecule has 0 bridgehead atoms. The molecule has 0 aliphatic carbocycles. The third-order valence-electron chi connectivity index (χ3n) is 4.45. The second kappa shape index (κ2) is 9.13. The highest BCUT2D eigenvalue weighted by Gasteiger charge is 2.15. The highest BCUT2D eigenvalue weighted by molar-refractivity contribution is 14.1. The van der Waals surface area contributed by atoms with E-state index in [2.05, 4.69) is 27.6 Å². The van der Waals surface area contributed by atoms with E-state index in [1.807, 2.05) is 18.2 Å². The number of nitrogens with zero attached hydrogens (tertiary/aromatic N) is 1. The Morgan fingerprint density at radius 1 is 1.00 bits per heavy atom. The number of fused-ring (bicyclic) bond motifs is 1. The Labute approximate surface area is 191 Å². The zero-order chi connectivity index (χ0) is 21.8. The van der Waals surface area contributed by atoms with E-state index in [0.29, 0.717) is 28.3 Å². The molecule has 3 aromatic carbocycles. The molecule has 0 fully saturated rings. The van der Waals surface area contributed by atoms with Crippen LogP contribution in [0, 0.1) is 3.57 Å². The van der Waals surface area contributed by atoms with Gasteiger partial charge in [-0.25, -0.2) is 9.59 Å². The van der Waals surface area contributed by atoms with Gasteiger partial charge in [0, 0.05) is 21.2 Å². The smallest absolute Gasteiger partial charge is 0.344 e. The second-order valence-corrected chi connectivity index (χ2v) is 7.68. The van der Waals surface area contributed by atoms with Crippen molar-refractivity contribution in [2.75, 3.05) is 7.11 Å². The summed E-state index contributed by atoms with van der Waals surface area (Å²) in [7, 11) is 1.51. The first-order valence-electron chi connectivity index (χ1n) is 9.26. The molecule has 154 valence electrons. The summed E-state index contributed by atoms with van der Waals surface area (Å²) < 4.78 is 16.9. The Balaban J connectivity index is 1.55. The SMILES string of the molecule is COc1cc(C=Nc2ccc3oc(=O)ccc3c2)ccc1OC(=O)c1ccccc1I. The first kappa shape index (κ1) is 20.8. The molecular weight excluding hydrogens is 509 g/mol. The van der Waals surface area contributed by atoms with Crippen molar-refractivity contribution in [3.63, 3.8) is 0 Å². The van der Waals surface area contributed by atoms with Crippen molar-refractivity contribution in [2.24, 2.45) is 4.99 Å². The van der Waals surface area contributed by atoms with Gasteiger partial charge >= 0.3 is 11.6 Å². The number of ether oxygens (including phenoxy) is 2. The van der Waals surface area contributed by atoms with Crippen molar-refractivity contribution in [1.82, 2.24) is 0 Å². The molecule has 4 aromatic rings. The minimum absolute atomic E-state index is 0.324. The van der Waals surface area contributed by atoms with Gasteiger partial charge in [-0.05, 0) is 82.8 Å². The molecular formula is C24H16INO5. The van der Waals surface area contributed by atoms with Crippen molar-refractivity contribution in [1.29, 1.82) is 0 Å². The second-order valence-electron chi connectivity index (χ2n) is 6.51. The van der Waals surface area contributed by atoms with Gasteiger partial charge in [-0.2, -0.15) is 0 Å². The predicted octanol–water partition coefficient (Wildman–Crippen LogP) is 5.38. The van der Waals surface area contributed by atoms with Crippen LogP contribution in [0.5, 0.6) is 11.5 Å². The molecule has 0 aliphatic heterocycles. The van der Waals surface area contributed by atoms with Gasteiger partial charge in [0.2, 0.25) is 0 Å². The van der Waals surface area contributed by atoms with E-state index < -0.39 is 11.6 Å².